The lowest BCUT2D eigenvalue weighted by molar-refractivity contribution is 0.0957. The molecule has 1 heterocycles. The maximum atomic E-state index is 13.4. The standard InChI is InChI=1S/C28H40BrClOS/c1-3-5-6-7-8-9-10-11-12-13-14-15-16-24(25-21-22(29)17-19-26(25)30)28(31)27-20-18-23(4-2)32-27/h17-21,24H,3-16H2,1-2H3. The molecule has 1 aromatic carbocycles. The smallest absolute Gasteiger partial charge is 0.180 e. The summed E-state index contributed by atoms with van der Waals surface area (Å²) in [7, 11) is 0. The predicted octanol–water partition coefficient (Wildman–Crippen LogP) is 10.8. The monoisotopic (exact) mass is 538 g/mol. The van der Waals surface area contributed by atoms with Gasteiger partial charge in [-0.05, 0) is 48.7 Å². The summed E-state index contributed by atoms with van der Waals surface area (Å²) in [5.74, 6) is 0.0595. The normalized spacial score (nSPS) is 12.2. The van der Waals surface area contributed by atoms with Crippen molar-refractivity contribution in [1.82, 2.24) is 0 Å². The summed E-state index contributed by atoms with van der Waals surface area (Å²) in [5.41, 5.74) is 0.959. The second-order valence-corrected chi connectivity index (χ2v) is 11.4. The molecule has 1 aromatic heterocycles. The number of hydrogen-bond donors (Lipinski definition) is 0. The number of halogens is 2. The summed E-state index contributed by atoms with van der Waals surface area (Å²) in [4.78, 5) is 15.5. The van der Waals surface area contributed by atoms with Crippen molar-refractivity contribution in [1.29, 1.82) is 0 Å². The molecule has 0 saturated carbocycles. The predicted molar refractivity (Wildman–Crippen MR) is 146 cm³/mol. The van der Waals surface area contributed by atoms with Gasteiger partial charge in [-0.25, -0.2) is 0 Å². The minimum Gasteiger partial charge on any atom is -0.293 e. The van der Waals surface area contributed by atoms with Gasteiger partial charge in [-0.15, -0.1) is 11.3 Å². The third-order valence-corrected chi connectivity index (χ3v) is 8.33. The van der Waals surface area contributed by atoms with E-state index in [2.05, 4.69) is 35.8 Å². The number of benzene rings is 1. The molecule has 0 saturated heterocycles. The summed E-state index contributed by atoms with van der Waals surface area (Å²) < 4.78 is 0.977. The highest BCUT2D eigenvalue weighted by Crippen LogP contribution is 2.35. The Morgan fingerprint density at radius 1 is 0.875 bits per heavy atom. The van der Waals surface area contributed by atoms with Crippen molar-refractivity contribution in [3.05, 3.63) is 55.1 Å². The van der Waals surface area contributed by atoms with E-state index in [9.17, 15) is 4.79 Å². The summed E-state index contributed by atoms with van der Waals surface area (Å²) in [6.45, 7) is 4.41. The van der Waals surface area contributed by atoms with Gasteiger partial charge < -0.3 is 0 Å². The number of hydrogen-bond acceptors (Lipinski definition) is 2. The highest BCUT2D eigenvalue weighted by Gasteiger charge is 2.25. The van der Waals surface area contributed by atoms with Gasteiger partial charge in [0, 0.05) is 20.3 Å². The second-order valence-electron chi connectivity index (χ2n) is 8.88. The molecule has 2 aromatic rings. The Balaban J connectivity index is 1.81. The van der Waals surface area contributed by atoms with E-state index in [1.54, 1.807) is 11.3 Å². The second kappa shape index (κ2) is 16.1. The molecule has 0 amide bonds. The highest BCUT2D eigenvalue weighted by atomic mass is 79.9. The van der Waals surface area contributed by atoms with Crippen LogP contribution in [0.2, 0.25) is 5.02 Å². The molecular weight excluding hydrogens is 500 g/mol. The molecule has 0 aliphatic carbocycles. The van der Waals surface area contributed by atoms with Gasteiger partial charge in [-0.2, -0.15) is 0 Å². The first-order valence-corrected chi connectivity index (χ1v) is 14.6. The van der Waals surface area contributed by atoms with E-state index in [4.69, 9.17) is 11.6 Å². The van der Waals surface area contributed by atoms with Crippen LogP contribution in [0.4, 0.5) is 0 Å². The molecule has 2 rings (SSSR count). The lowest BCUT2D eigenvalue weighted by Gasteiger charge is -2.17. The number of aryl methyl sites for hydroxylation is 1. The van der Waals surface area contributed by atoms with Gasteiger partial charge in [0.05, 0.1) is 4.88 Å². The number of rotatable bonds is 17. The van der Waals surface area contributed by atoms with Crippen LogP contribution in [0.1, 0.15) is 123 Å². The van der Waals surface area contributed by atoms with E-state index >= 15 is 0 Å². The van der Waals surface area contributed by atoms with Gasteiger partial charge in [-0.3, -0.25) is 4.79 Å². The molecule has 0 spiro atoms. The van der Waals surface area contributed by atoms with Gasteiger partial charge in [0.15, 0.2) is 5.78 Å². The number of thiophene rings is 1. The SMILES string of the molecule is CCCCCCCCCCCCCCC(C(=O)c1ccc(CC)s1)c1cc(Br)ccc1Cl. The average molecular weight is 540 g/mol. The van der Waals surface area contributed by atoms with E-state index in [1.807, 2.05) is 24.3 Å². The van der Waals surface area contributed by atoms with Crippen LogP contribution in [0, 0.1) is 0 Å². The van der Waals surface area contributed by atoms with E-state index < -0.39 is 0 Å². The summed E-state index contributed by atoms with van der Waals surface area (Å²) in [5, 5.41) is 0.692. The van der Waals surface area contributed by atoms with Crippen molar-refractivity contribution in [2.75, 3.05) is 0 Å². The Morgan fingerprint density at radius 3 is 2.03 bits per heavy atom. The molecule has 0 radical (unpaired) electrons. The third-order valence-electron chi connectivity index (χ3n) is 6.25. The number of carbonyl (C=O) groups excluding carboxylic acids is 1. The number of unbranched alkanes of at least 4 members (excludes halogenated alkanes) is 11. The number of Topliss-reactive ketones (excluding diaryl/α,β-unsaturated/α-hetero) is 1. The zero-order chi connectivity index (χ0) is 23.2. The van der Waals surface area contributed by atoms with Gasteiger partial charge in [0.2, 0.25) is 0 Å². The quantitative estimate of drug-likeness (QED) is 0.144. The molecule has 0 N–H and O–H groups in total. The fraction of sp³-hybridized carbons (Fsp3) is 0.607. The fourth-order valence-corrected chi connectivity index (χ4v) is 5.84. The molecule has 0 bridgehead atoms. The number of ketones is 1. The van der Waals surface area contributed by atoms with Crippen LogP contribution in [0.3, 0.4) is 0 Å². The maximum Gasteiger partial charge on any atom is 0.180 e. The van der Waals surface area contributed by atoms with E-state index in [-0.39, 0.29) is 11.7 Å². The van der Waals surface area contributed by atoms with E-state index in [1.165, 1.54) is 75.5 Å². The van der Waals surface area contributed by atoms with Crippen LogP contribution < -0.4 is 0 Å². The minimum absolute atomic E-state index is 0.161. The minimum atomic E-state index is -0.161. The first kappa shape index (κ1) is 27.6. The summed E-state index contributed by atoms with van der Waals surface area (Å²) in [6, 6.07) is 9.95. The largest absolute Gasteiger partial charge is 0.293 e. The van der Waals surface area contributed by atoms with Crippen LogP contribution in [0.5, 0.6) is 0 Å². The van der Waals surface area contributed by atoms with Crippen molar-refractivity contribution in [3.8, 4) is 0 Å². The van der Waals surface area contributed by atoms with Crippen molar-refractivity contribution in [2.45, 2.75) is 110 Å². The zero-order valence-corrected chi connectivity index (χ0v) is 23.1. The van der Waals surface area contributed by atoms with Crippen molar-refractivity contribution >= 4 is 44.7 Å². The van der Waals surface area contributed by atoms with Crippen LogP contribution in [-0.4, -0.2) is 5.78 Å². The number of carbonyl (C=O) groups is 1. The van der Waals surface area contributed by atoms with Gasteiger partial charge in [0.25, 0.3) is 0 Å². The third kappa shape index (κ3) is 9.69. The topological polar surface area (TPSA) is 17.1 Å². The molecule has 0 aliphatic heterocycles. The van der Waals surface area contributed by atoms with E-state index in [0.717, 1.165) is 34.2 Å². The Kier molecular flexibility index (Phi) is 13.9. The van der Waals surface area contributed by atoms with Crippen molar-refractivity contribution in [2.24, 2.45) is 0 Å². The molecule has 1 unspecified atom stereocenters. The lowest BCUT2D eigenvalue weighted by atomic mass is 9.88. The lowest BCUT2D eigenvalue weighted by Crippen LogP contribution is -2.13. The van der Waals surface area contributed by atoms with Crippen LogP contribution in [-0.2, 0) is 6.42 Å². The Hall–Kier alpha value is -0.640. The van der Waals surface area contributed by atoms with Crippen molar-refractivity contribution < 1.29 is 4.79 Å². The first-order valence-electron chi connectivity index (χ1n) is 12.6. The van der Waals surface area contributed by atoms with Gasteiger partial charge in [0.1, 0.15) is 0 Å². The Bertz CT molecular complexity index is 800. The summed E-state index contributed by atoms with van der Waals surface area (Å²) in [6.07, 6.45) is 17.7. The molecule has 1 atom stereocenters. The Morgan fingerprint density at radius 2 is 1.47 bits per heavy atom. The zero-order valence-electron chi connectivity index (χ0n) is 19.9. The van der Waals surface area contributed by atoms with Crippen LogP contribution >= 0.6 is 38.9 Å². The Labute approximate surface area is 213 Å². The molecule has 32 heavy (non-hydrogen) atoms. The van der Waals surface area contributed by atoms with Gasteiger partial charge >= 0.3 is 0 Å². The van der Waals surface area contributed by atoms with Gasteiger partial charge in [-0.1, -0.05) is 118 Å². The average Bonchev–Trinajstić information content (AvgIpc) is 3.28. The fourth-order valence-electron chi connectivity index (χ4n) is 4.27. The van der Waals surface area contributed by atoms with Crippen LogP contribution in [0.15, 0.2) is 34.8 Å². The van der Waals surface area contributed by atoms with E-state index in [0.29, 0.717) is 5.02 Å². The summed E-state index contributed by atoms with van der Waals surface area (Å²) >= 11 is 11.7. The van der Waals surface area contributed by atoms with Crippen molar-refractivity contribution in [3.63, 3.8) is 0 Å². The molecule has 0 aliphatic rings. The molecular formula is C28H40BrClOS. The molecule has 0 fully saturated rings. The van der Waals surface area contributed by atoms with Crippen LogP contribution in [0.25, 0.3) is 0 Å². The maximum absolute atomic E-state index is 13.4. The molecule has 1 nitrogen and oxygen atoms in total. The molecule has 178 valence electrons. The molecule has 4 heteroatoms. The first-order chi connectivity index (χ1) is 15.6. The highest BCUT2D eigenvalue weighted by molar-refractivity contribution is 9.10.